The largest absolute Gasteiger partial charge is 0.342 e. The van der Waals surface area contributed by atoms with Crippen LogP contribution < -0.4 is 4.72 Å². The Morgan fingerprint density at radius 3 is 2.71 bits per heavy atom. The molecular formula is C20H27N3O3S2. The molecule has 1 amide bonds. The highest BCUT2D eigenvalue weighted by Gasteiger charge is 2.25. The molecule has 28 heavy (non-hydrogen) atoms. The highest BCUT2D eigenvalue weighted by Crippen LogP contribution is 2.21. The van der Waals surface area contributed by atoms with E-state index in [1.165, 1.54) is 0 Å². The van der Waals surface area contributed by atoms with Crippen LogP contribution in [0.4, 0.5) is 0 Å². The average Bonchev–Trinajstić information content (AvgIpc) is 2.98. The minimum absolute atomic E-state index is 0.0206. The topological polar surface area (TPSA) is 79.4 Å². The van der Waals surface area contributed by atoms with Crippen molar-refractivity contribution in [2.24, 2.45) is 5.92 Å². The first kappa shape index (κ1) is 21.0. The molecule has 8 heteroatoms. The number of likely N-dealkylation sites (tertiary alicyclic amines) is 1. The second kappa shape index (κ2) is 9.15. The molecule has 1 aromatic heterocycles. The highest BCUT2D eigenvalue weighted by atomic mass is 32.2. The maximum Gasteiger partial charge on any atom is 0.227 e. The number of carbonyl (C=O) groups is 1. The van der Waals surface area contributed by atoms with Crippen molar-refractivity contribution in [1.29, 1.82) is 0 Å². The van der Waals surface area contributed by atoms with Crippen LogP contribution in [0.3, 0.4) is 0 Å². The minimum atomic E-state index is -3.38. The Labute approximate surface area is 171 Å². The Hall–Kier alpha value is -1.77. The third-order valence-electron chi connectivity index (χ3n) is 4.97. The van der Waals surface area contributed by atoms with Gasteiger partial charge in [0.1, 0.15) is 0 Å². The number of nitrogens with zero attached hydrogens (tertiary/aromatic N) is 2. The van der Waals surface area contributed by atoms with Gasteiger partial charge in [0.05, 0.1) is 22.9 Å². The summed E-state index contributed by atoms with van der Waals surface area (Å²) in [5, 5.41) is 0.977. The van der Waals surface area contributed by atoms with Gasteiger partial charge in [0.15, 0.2) is 0 Å². The Balaban J connectivity index is 1.51. The zero-order valence-corrected chi connectivity index (χ0v) is 18.0. The highest BCUT2D eigenvalue weighted by molar-refractivity contribution is 7.88. The van der Waals surface area contributed by atoms with Gasteiger partial charge in [0.2, 0.25) is 15.9 Å². The quantitative estimate of drug-likeness (QED) is 0.745. The van der Waals surface area contributed by atoms with Crippen molar-refractivity contribution in [2.75, 3.05) is 19.6 Å². The molecule has 1 aliphatic heterocycles. The number of thiazole rings is 1. The molecule has 1 N–H and O–H groups in total. The molecule has 0 bridgehead atoms. The van der Waals surface area contributed by atoms with E-state index >= 15 is 0 Å². The van der Waals surface area contributed by atoms with Gasteiger partial charge in [-0.05, 0) is 38.2 Å². The summed E-state index contributed by atoms with van der Waals surface area (Å²) in [5.41, 5.74) is 1.70. The number of aryl methyl sites for hydroxylation is 2. The Morgan fingerprint density at radius 1 is 1.29 bits per heavy atom. The second-order valence-electron chi connectivity index (χ2n) is 7.36. The van der Waals surface area contributed by atoms with Crippen molar-refractivity contribution in [3.05, 3.63) is 51.5 Å². The van der Waals surface area contributed by atoms with Crippen molar-refractivity contribution in [3.63, 3.8) is 0 Å². The Kier molecular flexibility index (Phi) is 6.85. The molecule has 1 aromatic carbocycles. The van der Waals surface area contributed by atoms with Gasteiger partial charge in [0, 0.05) is 24.5 Å². The molecular weight excluding hydrogens is 394 g/mol. The van der Waals surface area contributed by atoms with Crippen LogP contribution in [0.5, 0.6) is 0 Å². The average molecular weight is 422 g/mol. The maximum atomic E-state index is 12.7. The molecule has 152 valence electrons. The predicted molar refractivity (Wildman–Crippen MR) is 112 cm³/mol. The summed E-state index contributed by atoms with van der Waals surface area (Å²) in [6.07, 6.45) is 2.21. The SMILES string of the molecule is Cc1nc(C)c(CC(=O)N2CCC[C@@H](CNS(=O)(=O)Cc3ccccc3)C2)s1. The maximum absolute atomic E-state index is 12.7. The first-order chi connectivity index (χ1) is 13.3. The number of hydrogen-bond acceptors (Lipinski definition) is 5. The summed E-state index contributed by atoms with van der Waals surface area (Å²) >= 11 is 1.57. The van der Waals surface area contributed by atoms with Crippen LogP contribution in [0.1, 0.15) is 34.0 Å². The number of nitrogens with one attached hydrogen (secondary N) is 1. The van der Waals surface area contributed by atoms with E-state index in [0.717, 1.165) is 40.5 Å². The molecule has 1 aliphatic rings. The molecule has 1 atom stereocenters. The zero-order chi connectivity index (χ0) is 20.1. The number of aromatic nitrogens is 1. The van der Waals surface area contributed by atoms with E-state index < -0.39 is 10.0 Å². The first-order valence-corrected chi connectivity index (χ1v) is 12.0. The number of piperidine rings is 1. The van der Waals surface area contributed by atoms with E-state index in [-0.39, 0.29) is 17.6 Å². The van der Waals surface area contributed by atoms with Gasteiger partial charge >= 0.3 is 0 Å². The van der Waals surface area contributed by atoms with Gasteiger partial charge in [-0.15, -0.1) is 11.3 Å². The third kappa shape index (κ3) is 5.86. The lowest BCUT2D eigenvalue weighted by Gasteiger charge is -2.33. The predicted octanol–water partition coefficient (Wildman–Crippen LogP) is 2.66. The zero-order valence-electron chi connectivity index (χ0n) is 16.3. The molecule has 0 spiro atoms. The van der Waals surface area contributed by atoms with Gasteiger partial charge < -0.3 is 4.90 Å². The van der Waals surface area contributed by atoms with E-state index in [1.807, 2.05) is 49.1 Å². The molecule has 0 radical (unpaired) electrons. The van der Waals surface area contributed by atoms with Crippen molar-refractivity contribution < 1.29 is 13.2 Å². The standard InChI is InChI=1S/C20H27N3O3S2/c1-15-19(27-16(2)22-15)11-20(24)23-10-6-9-18(13-23)12-21-28(25,26)14-17-7-4-3-5-8-17/h3-5,7-8,18,21H,6,9-14H2,1-2H3/t18-/m0/s1. The summed E-state index contributed by atoms with van der Waals surface area (Å²) in [6.45, 7) is 5.60. The van der Waals surface area contributed by atoms with Crippen LogP contribution in [0.25, 0.3) is 0 Å². The fourth-order valence-corrected chi connectivity index (χ4v) is 5.69. The molecule has 0 saturated carbocycles. The van der Waals surface area contributed by atoms with Crippen molar-refractivity contribution in [3.8, 4) is 0 Å². The monoisotopic (exact) mass is 421 g/mol. The van der Waals surface area contributed by atoms with Crippen LogP contribution in [0.15, 0.2) is 30.3 Å². The number of benzene rings is 1. The van der Waals surface area contributed by atoms with E-state index in [9.17, 15) is 13.2 Å². The first-order valence-electron chi connectivity index (χ1n) is 9.54. The third-order valence-corrected chi connectivity index (χ3v) is 7.37. The molecule has 0 unspecified atom stereocenters. The second-order valence-corrected chi connectivity index (χ2v) is 10.5. The van der Waals surface area contributed by atoms with Crippen LogP contribution in [-0.4, -0.2) is 43.8 Å². The fourth-order valence-electron chi connectivity index (χ4n) is 3.53. The summed E-state index contributed by atoms with van der Waals surface area (Å²) in [7, 11) is -3.38. The van der Waals surface area contributed by atoms with Crippen LogP contribution in [0, 0.1) is 19.8 Å². The van der Waals surface area contributed by atoms with E-state index in [4.69, 9.17) is 0 Å². The normalized spacial score (nSPS) is 17.6. The fraction of sp³-hybridized carbons (Fsp3) is 0.500. The lowest BCUT2D eigenvalue weighted by atomic mass is 9.98. The number of amides is 1. The smallest absolute Gasteiger partial charge is 0.227 e. The van der Waals surface area contributed by atoms with E-state index in [2.05, 4.69) is 9.71 Å². The summed E-state index contributed by atoms with van der Waals surface area (Å²) in [4.78, 5) is 20.0. The van der Waals surface area contributed by atoms with Crippen LogP contribution in [0.2, 0.25) is 0 Å². The molecule has 3 rings (SSSR count). The van der Waals surface area contributed by atoms with Gasteiger partial charge in [-0.2, -0.15) is 0 Å². The van der Waals surface area contributed by atoms with Crippen LogP contribution >= 0.6 is 11.3 Å². The summed E-state index contributed by atoms with van der Waals surface area (Å²) in [5.74, 6) is 0.226. The molecule has 1 saturated heterocycles. The molecule has 2 heterocycles. The number of rotatable bonds is 7. The Morgan fingerprint density at radius 2 is 2.04 bits per heavy atom. The molecule has 6 nitrogen and oxygen atoms in total. The lowest BCUT2D eigenvalue weighted by Crippen LogP contribution is -2.44. The molecule has 2 aromatic rings. The number of sulfonamides is 1. The van der Waals surface area contributed by atoms with Crippen molar-refractivity contribution in [2.45, 2.75) is 38.9 Å². The molecule has 0 aliphatic carbocycles. The van der Waals surface area contributed by atoms with Crippen molar-refractivity contribution in [1.82, 2.24) is 14.6 Å². The number of carbonyl (C=O) groups excluding carboxylic acids is 1. The van der Waals surface area contributed by atoms with Crippen molar-refractivity contribution >= 4 is 27.3 Å². The Bertz CT molecular complexity index is 910. The van der Waals surface area contributed by atoms with Gasteiger partial charge in [-0.25, -0.2) is 18.1 Å². The van der Waals surface area contributed by atoms with Gasteiger partial charge in [0.25, 0.3) is 0 Å². The van der Waals surface area contributed by atoms with E-state index in [1.54, 1.807) is 11.3 Å². The molecule has 1 fully saturated rings. The number of hydrogen-bond donors (Lipinski definition) is 1. The summed E-state index contributed by atoms with van der Waals surface area (Å²) < 4.78 is 27.4. The minimum Gasteiger partial charge on any atom is -0.342 e. The van der Waals surface area contributed by atoms with E-state index in [0.29, 0.717) is 19.5 Å². The van der Waals surface area contributed by atoms with Gasteiger partial charge in [-0.1, -0.05) is 30.3 Å². The van der Waals surface area contributed by atoms with Gasteiger partial charge in [-0.3, -0.25) is 4.79 Å². The van der Waals surface area contributed by atoms with Crippen LogP contribution in [-0.2, 0) is 27.0 Å². The lowest BCUT2D eigenvalue weighted by molar-refractivity contribution is -0.132. The summed E-state index contributed by atoms with van der Waals surface area (Å²) in [6, 6.07) is 9.16.